The highest BCUT2D eigenvalue weighted by molar-refractivity contribution is 5.97. The molecule has 2 amide bonds. The molecule has 3 rings (SSSR count). The Bertz CT molecular complexity index is 750. The molecule has 1 aliphatic heterocycles. The number of nitrogens with one attached hydrogen (secondary N) is 2. The SMILES string of the molecule is CCc1ncc(C(=O)N2CCNCC2C(=O)NCc2cccnc2)cn1. The maximum atomic E-state index is 12.8. The summed E-state index contributed by atoms with van der Waals surface area (Å²) in [5.74, 6) is 0.267. The van der Waals surface area contributed by atoms with Crippen molar-refractivity contribution in [1.29, 1.82) is 0 Å². The van der Waals surface area contributed by atoms with Gasteiger partial charge in [-0.05, 0) is 11.6 Å². The van der Waals surface area contributed by atoms with Crippen LogP contribution in [0.15, 0.2) is 36.9 Å². The third kappa shape index (κ3) is 4.20. The van der Waals surface area contributed by atoms with Crippen LogP contribution in [-0.4, -0.2) is 57.3 Å². The Hall–Kier alpha value is -2.87. The van der Waals surface area contributed by atoms with Crippen LogP contribution in [0.2, 0.25) is 0 Å². The molecule has 26 heavy (non-hydrogen) atoms. The van der Waals surface area contributed by atoms with Gasteiger partial charge in [-0.2, -0.15) is 0 Å². The van der Waals surface area contributed by atoms with Gasteiger partial charge in [-0.15, -0.1) is 0 Å². The lowest BCUT2D eigenvalue weighted by Gasteiger charge is -2.35. The van der Waals surface area contributed by atoms with Gasteiger partial charge in [0.2, 0.25) is 5.91 Å². The van der Waals surface area contributed by atoms with Gasteiger partial charge in [0.15, 0.2) is 0 Å². The number of nitrogens with zero attached hydrogens (tertiary/aromatic N) is 4. The fourth-order valence-corrected chi connectivity index (χ4v) is 2.80. The molecule has 2 N–H and O–H groups in total. The van der Waals surface area contributed by atoms with E-state index in [-0.39, 0.29) is 11.8 Å². The molecule has 1 unspecified atom stereocenters. The lowest BCUT2D eigenvalue weighted by molar-refractivity contribution is -0.126. The quantitative estimate of drug-likeness (QED) is 0.794. The van der Waals surface area contributed by atoms with Crippen molar-refractivity contribution in [3.05, 3.63) is 53.9 Å². The average molecular weight is 354 g/mol. The zero-order valence-corrected chi connectivity index (χ0v) is 14.7. The first-order valence-corrected chi connectivity index (χ1v) is 8.68. The summed E-state index contributed by atoms with van der Waals surface area (Å²) in [5, 5.41) is 6.05. The van der Waals surface area contributed by atoms with Gasteiger partial charge in [0.05, 0.1) is 5.56 Å². The Labute approximate surface area is 152 Å². The highest BCUT2D eigenvalue weighted by atomic mass is 16.2. The van der Waals surface area contributed by atoms with E-state index in [0.29, 0.717) is 44.0 Å². The Morgan fingerprint density at radius 1 is 1.31 bits per heavy atom. The van der Waals surface area contributed by atoms with E-state index >= 15 is 0 Å². The van der Waals surface area contributed by atoms with E-state index in [1.165, 1.54) is 12.4 Å². The van der Waals surface area contributed by atoms with Crippen molar-refractivity contribution < 1.29 is 9.59 Å². The van der Waals surface area contributed by atoms with Gasteiger partial charge in [0.1, 0.15) is 11.9 Å². The first-order chi connectivity index (χ1) is 12.7. The molecule has 0 aliphatic carbocycles. The summed E-state index contributed by atoms with van der Waals surface area (Å²) in [6.07, 6.45) is 7.15. The maximum Gasteiger partial charge on any atom is 0.257 e. The summed E-state index contributed by atoms with van der Waals surface area (Å²) in [6.45, 7) is 3.85. The third-order valence-corrected chi connectivity index (χ3v) is 4.26. The molecule has 0 bridgehead atoms. The number of carbonyl (C=O) groups is 2. The minimum absolute atomic E-state index is 0.194. The van der Waals surface area contributed by atoms with E-state index in [0.717, 1.165) is 5.56 Å². The van der Waals surface area contributed by atoms with Crippen LogP contribution in [0.1, 0.15) is 28.7 Å². The summed E-state index contributed by atoms with van der Waals surface area (Å²) in [7, 11) is 0. The van der Waals surface area contributed by atoms with Gasteiger partial charge in [-0.25, -0.2) is 9.97 Å². The number of aromatic nitrogens is 3. The summed E-state index contributed by atoms with van der Waals surface area (Å²) >= 11 is 0. The largest absolute Gasteiger partial charge is 0.350 e. The predicted molar refractivity (Wildman–Crippen MR) is 95.2 cm³/mol. The monoisotopic (exact) mass is 354 g/mol. The fraction of sp³-hybridized carbons (Fsp3) is 0.389. The number of aryl methyl sites for hydroxylation is 1. The molecule has 0 saturated carbocycles. The molecule has 0 radical (unpaired) electrons. The lowest BCUT2D eigenvalue weighted by atomic mass is 10.1. The smallest absolute Gasteiger partial charge is 0.257 e. The number of hydrogen-bond acceptors (Lipinski definition) is 6. The molecular weight excluding hydrogens is 332 g/mol. The van der Waals surface area contributed by atoms with Crippen molar-refractivity contribution in [2.24, 2.45) is 0 Å². The average Bonchev–Trinajstić information content (AvgIpc) is 2.72. The summed E-state index contributed by atoms with van der Waals surface area (Å²) in [6, 6.07) is 3.14. The van der Waals surface area contributed by atoms with E-state index in [1.54, 1.807) is 17.3 Å². The minimum atomic E-state index is -0.571. The molecule has 1 aliphatic rings. The second kappa shape index (κ2) is 8.48. The highest BCUT2D eigenvalue weighted by Crippen LogP contribution is 2.10. The molecule has 136 valence electrons. The molecule has 8 nitrogen and oxygen atoms in total. The first-order valence-electron chi connectivity index (χ1n) is 8.68. The van der Waals surface area contributed by atoms with Crippen LogP contribution < -0.4 is 10.6 Å². The van der Waals surface area contributed by atoms with Gasteiger partial charge < -0.3 is 15.5 Å². The molecule has 2 aromatic heterocycles. The number of rotatable bonds is 5. The fourth-order valence-electron chi connectivity index (χ4n) is 2.80. The first kappa shape index (κ1) is 17.9. The maximum absolute atomic E-state index is 12.8. The number of carbonyl (C=O) groups excluding carboxylic acids is 2. The highest BCUT2D eigenvalue weighted by Gasteiger charge is 2.32. The van der Waals surface area contributed by atoms with Crippen LogP contribution in [-0.2, 0) is 17.8 Å². The predicted octanol–water partition coefficient (Wildman–Crippen LogP) is 0.164. The molecule has 0 spiro atoms. The molecule has 1 fully saturated rings. The van der Waals surface area contributed by atoms with Crippen LogP contribution >= 0.6 is 0 Å². The second-order valence-corrected chi connectivity index (χ2v) is 6.04. The van der Waals surface area contributed by atoms with Crippen molar-refractivity contribution >= 4 is 11.8 Å². The van der Waals surface area contributed by atoms with Crippen LogP contribution in [0.5, 0.6) is 0 Å². The van der Waals surface area contributed by atoms with E-state index in [1.807, 2.05) is 19.1 Å². The van der Waals surface area contributed by atoms with Crippen LogP contribution in [0.3, 0.4) is 0 Å². The zero-order valence-electron chi connectivity index (χ0n) is 14.7. The Kier molecular flexibility index (Phi) is 5.85. The van der Waals surface area contributed by atoms with E-state index in [9.17, 15) is 9.59 Å². The molecular formula is C18H22N6O2. The second-order valence-electron chi connectivity index (χ2n) is 6.04. The van der Waals surface area contributed by atoms with Crippen LogP contribution in [0, 0.1) is 0 Å². The van der Waals surface area contributed by atoms with Crippen molar-refractivity contribution in [2.45, 2.75) is 25.9 Å². The summed E-state index contributed by atoms with van der Waals surface area (Å²) < 4.78 is 0. The molecule has 2 aromatic rings. The third-order valence-electron chi connectivity index (χ3n) is 4.26. The zero-order chi connectivity index (χ0) is 18.4. The molecule has 3 heterocycles. The van der Waals surface area contributed by atoms with Gasteiger partial charge >= 0.3 is 0 Å². The molecule has 0 aromatic carbocycles. The summed E-state index contributed by atoms with van der Waals surface area (Å²) in [4.78, 5) is 39.4. The standard InChI is InChI=1S/C18H22N6O2/c1-2-16-21-10-14(11-22-16)18(26)24-7-6-20-12-15(24)17(25)23-9-13-4-3-5-19-8-13/h3-5,8,10-11,15,20H,2,6-7,9,12H2,1H3,(H,23,25). The topological polar surface area (TPSA) is 100 Å². The lowest BCUT2D eigenvalue weighted by Crippen LogP contribution is -2.59. The van der Waals surface area contributed by atoms with Gasteiger partial charge in [-0.3, -0.25) is 14.6 Å². The van der Waals surface area contributed by atoms with E-state index in [4.69, 9.17) is 0 Å². The normalized spacial score (nSPS) is 17.0. The Balaban J connectivity index is 1.68. The molecule has 8 heteroatoms. The number of amides is 2. The number of hydrogen-bond donors (Lipinski definition) is 2. The van der Waals surface area contributed by atoms with Gasteiger partial charge in [0, 0.05) is 57.4 Å². The van der Waals surface area contributed by atoms with Crippen LogP contribution in [0.4, 0.5) is 0 Å². The minimum Gasteiger partial charge on any atom is -0.350 e. The van der Waals surface area contributed by atoms with E-state index in [2.05, 4.69) is 25.6 Å². The van der Waals surface area contributed by atoms with Crippen molar-refractivity contribution in [2.75, 3.05) is 19.6 Å². The van der Waals surface area contributed by atoms with Gasteiger partial charge in [0.25, 0.3) is 5.91 Å². The number of piperazine rings is 1. The number of pyridine rings is 1. The van der Waals surface area contributed by atoms with Gasteiger partial charge in [-0.1, -0.05) is 13.0 Å². The molecule has 1 saturated heterocycles. The Morgan fingerprint density at radius 2 is 2.12 bits per heavy atom. The summed E-state index contributed by atoms with van der Waals surface area (Å²) in [5.41, 5.74) is 1.31. The van der Waals surface area contributed by atoms with Crippen molar-refractivity contribution in [3.63, 3.8) is 0 Å². The van der Waals surface area contributed by atoms with Crippen molar-refractivity contribution in [3.8, 4) is 0 Å². The molecule has 1 atom stereocenters. The van der Waals surface area contributed by atoms with Crippen molar-refractivity contribution in [1.82, 2.24) is 30.5 Å². The Morgan fingerprint density at radius 3 is 2.81 bits per heavy atom. The van der Waals surface area contributed by atoms with E-state index < -0.39 is 6.04 Å². The van der Waals surface area contributed by atoms with Crippen LogP contribution in [0.25, 0.3) is 0 Å².